The maximum Gasteiger partial charge on any atom is 0.0757 e. The fourth-order valence-electron chi connectivity index (χ4n) is 1.34. The van der Waals surface area contributed by atoms with Crippen molar-refractivity contribution in [1.29, 1.82) is 0 Å². The fourth-order valence-corrected chi connectivity index (χ4v) is 1.34. The second-order valence-electron chi connectivity index (χ2n) is 2.70. The zero-order valence-electron chi connectivity index (χ0n) is 8.67. The quantitative estimate of drug-likeness (QED) is 0.454. The van der Waals surface area contributed by atoms with E-state index in [1.165, 1.54) is 30.7 Å². The van der Waals surface area contributed by atoms with E-state index in [9.17, 15) is 0 Å². The second-order valence-corrected chi connectivity index (χ2v) is 2.70. The second kappa shape index (κ2) is 8.53. The summed E-state index contributed by atoms with van der Waals surface area (Å²) in [5.74, 6) is 0. The molecule has 0 aromatic heterocycles. The van der Waals surface area contributed by atoms with Crippen molar-refractivity contribution in [3.05, 3.63) is 0 Å². The van der Waals surface area contributed by atoms with Crippen LogP contribution < -0.4 is 5.11 Å². The van der Waals surface area contributed by atoms with Gasteiger partial charge < -0.3 is 14.4 Å². The van der Waals surface area contributed by atoms with Gasteiger partial charge in [-0.05, 0) is 27.7 Å². The third-order valence-electron chi connectivity index (χ3n) is 2.68. The highest BCUT2D eigenvalue weighted by atomic mass is 16.3. The molecular formula is C9H21NO2. The van der Waals surface area contributed by atoms with Gasteiger partial charge in [-0.2, -0.15) is 0 Å². The first kappa shape index (κ1) is 14.0. The molecule has 0 aliphatic rings. The molecule has 0 unspecified atom stereocenters. The van der Waals surface area contributed by atoms with Gasteiger partial charge in [-0.3, -0.25) is 0 Å². The van der Waals surface area contributed by atoms with Gasteiger partial charge in [0.15, 0.2) is 0 Å². The number of rotatable bonds is 4. The van der Waals surface area contributed by atoms with E-state index in [1.807, 2.05) is 0 Å². The molecule has 12 heavy (non-hydrogen) atoms. The van der Waals surface area contributed by atoms with Crippen LogP contribution in [0.25, 0.3) is 0 Å². The number of quaternary nitrogens is 1. The van der Waals surface area contributed by atoms with Crippen LogP contribution in [-0.4, -0.2) is 37.1 Å². The van der Waals surface area contributed by atoms with Crippen LogP contribution in [0.3, 0.4) is 0 Å². The Labute approximate surface area is 75.6 Å². The topological polar surface area (TPSA) is 40.1 Å². The molecule has 0 bridgehead atoms. The van der Waals surface area contributed by atoms with Crippen molar-refractivity contribution in [3.8, 4) is 0 Å². The Bertz CT molecular complexity index is 83.2. The molecule has 0 aromatic carbocycles. The standard InChI is InChI=1S/C8H20N.CH2O2/c1-5-9(6-2,7-3)8-4;2-1-3/h5-8H2,1-4H3;1H,(H,2,3)/q+1;/p-1. The predicted molar refractivity (Wildman–Crippen MR) is 48.5 cm³/mol. The van der Waals surface area contributed by atoms with E-state index in [-0.39, 0.29) is 0 Å². The van der Waals surface area contributed by atoms with Crippen LogP contribution in [0, 0.1) is 0 Å². The van der Waals surface area contributed by atoms with Crippen LogP contribution in [0.5, 0.6) is 0 Å². The van der Waals surface area contributed by atoms with E-state index >= 15 is 0 Å². The lowest BCUT2D eigenvalue weighted by atomic mass is 10.3. The Hall–Kier alpha value is -0.570. The molecule has 0 amide bonds. The van der Waals surface area contributed by atoms with Gasteiger partial charge in [-0.1, -0.05) is 0 Å². The molecule has 0 saturated heterocycles. The Morgan fingerprint density at radius 1 is 1.00 bits per heavy atom. The summed E-state index contributed by atoms with van der Waals surface area (Å²) in [7, 11) is 0. The minimum Gasteiger partial charge on any atom is -0.554 e. The zero-order valence-corrected chi connectivity index (χ0v) is 8.67. The smallest absolute Gasteiger partial charge is 0.0757 e. The average molecular weight is 175 g/mol. The molecule has 0 aliphatic heterocycles. The summed E-state index contributed by atoms with van der Waals surface area (Å²) in [4.78, 5) is 8.25. The van der Waals surface area contributed by atoms with Crippen LogP contribution in [0.1, 0.15) is 27.7 Å². The molecule has 0 aliphatic carbocycles. The average Bonchev–Trinajstić information content (AvgIpc) is 2.11. The number of nitrogens with zero attached hydrogens (tertiary/aromatic N) is 1. The number of carbonyl (C=O) groups excluding carboxylic acids is 1. The first-order chi connectivity index (χ1) is 5.66. The zero-order chi connectivity index (χ0) is 10.0. The van der Waals surface area contributed by atoms with Crippen LogP contribution in [0.4, 0.5) is 0 Å². The monoisotopic (exact) mass is 175 g/mol. The Balaban J connectivity index is 0. The third-order valence-corrected chi connectivity index (χ3v) is 2.68. The highest BCUT2D eigenvalue weighted by Crippen LogP contribution is 2.03. The number of carboxylic acid groups (broad SMARTS) is 1. The van der Waals surface area contributed by atoms with Gasteiger partial charge in [0.25, 0.3) is 0 Å². The van der Waals surface area contributed by atoms with E-state index in [4.69, 9.17) is 9.90 Å². The molecule has 74 valence electrons. The van der Waals surface area contributed by atoms with Crippen molar-refractivity contribution in [3.63, 3.8) is 0 Å². The third kappa shape index (κ3) is 5.13. The molecule has 0 aromatic rings. The largest absolute Gasteiger partial charge is 0.554 e. The molecule has 0 heterocycles. The highest BCUT2D eigenvalue weighted by Gasteiger charge is 2.16. The lowest BCUT2D eigenvalue weighted by Crippen LogP contribution is -2.47. The van der Waals surface area contributed by atoms with Gasteiger partial charge in [-0.25, -0.2) is 0 Å². The van der Waals surface area contributed by atoms with E-state index < -0.39 is 6.47 Å². The molecule has 0 N–H and O–H groups in total. The minimum absolute atomic E-state index is 0.500. The SMILES string of the molecule is CC[N+](CC)(CC)CC.O=C[O-]. The van der Waals surface area contributed by atoms with Gasteiger partial charge in [0.1, 0.15) is 0 Å². The van der Waals surface area contributed by atoms with Gasteiger partial charge >= 0.3 is 0 Å². The fraction of sp³-hybridized carbons (Fsp3) is 0.889. The van der Waals surface area contributed by atoms with Gasteiger partial charge in [0, 0.05) is 6.47 Å². The summed E-state index contributed by atoms with van der Waals surface area (Å²) in [5.41, 5.74) is 0. The van der Waals surface area contributed by atoms with Crippen LogP contribution in [-0.2, 0) is 4.79 Å². The predicted octanol–water partition coefficient (Wildman–Crippen LogP) is 0.249. The van der Waals surface area contributed by atoms with Crippen molar-refractivity contribution in [1.82, 2.24) is 0 Å². The summed E-state index contributed by atoms with van der Waals surface area (Å²) >= 11 is 0. The molecular weight excluding hydrogens is 154 g/mol. The van der Waals surface area contributed by atoms with Crippen molar-refractivity contribution in [2.75, 3.05) is 26.2 Å². The van der Waals surface area contributed by atoms with E-state index in [1.54, 1.807) is 0 Å². The maximum absolute atomic E-state index is 8.25. The lowest BCUT2D eigenvalue weighted by Gasteiger charge is -2.34. The number of hydrogen-bond donors (Lipinski definition) is 0. The minimum atomic E-state index is -0.500. The first-order valence-corrected chi connectivity index (χ1v) is 4.56. The van der Waals surface area contributed by atoms with E-state index in [0.717, 1.165) is 0 Å². The molecule has 0 fully saturated rings. The Morgan fingerprint density at radius 3 is 1.17 bits per heavy atom. The Kier molecular flexibility index (Phi) is 9.93. The normalized spacial score (nSPS) is 10.0. The summed E-state index contributed by atoms with van der Waals surface area (Å²) in [5, 5.41) is 8.25. The maximum atomic E-state index is 8.25. The molecule has 0 radical (unpaired) electrons. The first-order valence-electron chi connectivity index (χ1n) is 4.56. The molecule has 0 saturated carbocycles. The number of hydrogen-bond acceptors (Lipinski definition) is 2. The van der Waals surface area contributed by atoms with E-state index in [2.05, 4.69) is 27.7 Å². The van der Waals surface area contributed by atoms with Crippen LogP contribution >= 0.6 is 0 Å². The summed E-state index contributed by atoms with van der Waals surface area (Å²) in [6.45, 7) is 13.7. The summed E-state index contributed by atoms with van der Waals surface area (Å²) in [6.07, 6.45) is 0. The molecule has 0 atom stereocenters. The molecule has 3 heteroatoms. The van der Waals surface area contributed by atoms with Crippen molar-refractivity contribution >= 4 is 6.47 Å². The van der Waals surface area contributed by atoms with E-state index in [0.29, 0.717) is 0 Å². The lowest BCUT2D eigenvalue weighted by molar-refractivity contribution is -0.921. The summed E-state index contributed by atoms with van der Waals surface area (Å²) < 4.78 is 1.28. The van der Waals surface area contributed by atoms with Gasteiger partial charge in [0.05, 0.1) is 26.2 Å². The van der Waals surface area contributed by atoms with Gasteiger partial charge in [-0.15, -0.1) is 0 Å². The van der Waals surface area contributed by atoms with Gasteiger partial charge in [0.2, 0.25) is 0 Å². The van der Waals surface area contributed by atoms with Crippen LogP contribution in [0.2, 0.25) is 0 Å². The van der Waals surface area contributed by atoms with Crippen LogP contribution in [0.15, 0.2) is 0 Å². The van der Waals surface area contributed by atoms with Crippen molar-refractivity contribution in [2.45, 2.75) is 27.7 Å². The molecule has 3 nitrogen and oxygen atoms in total. The highest BCUT2D eigenvalue weighted by molar-refractivity contribution is 5.29. The van der Waals surface area contributed by atoms with Crippen molar-refractivity contribution in [2.24, 2.45) is 0 Å². The number of carbonyl (C=O) groups is 1. The molecule has 0 spiro atoms. The molecule has 0 rings (SSSR count). The summed E-state index contributed by atoms with van der Waals surface area (Å²) in [6, 6.07) is 0. The Morgan fingerprint density at radius 2 is 1.17 bits per heavy atom. The van der Waals surface area contributed by atoms with Crippen molar-refractivity contribution < 1.29 is 14.4 Å².